The Hall–Kier alpha value is -2.28. The molecule has 6 nitrogen and oxygen atoms in total. The van der Waals surface area contributed by atoms with Gasteiger partial charge in [-0.15, -0.1) is 16.8 Å². The van der Waals surface area contributed by atoms with Crippen molar-refractivity contribution in [1.82, 2.24) is 14.8 Å². The summed E-state index contributed by atoms with van der Waals surface area (Å²) in [5, 5.41) is 12.7. The van der Waals surface area contributed by atoms with E-state index in [0.717, 1.165) is 29.8 Å². The minimum atomic E-state index is -0.0249. The molecule has 2 aromatic rings. The highest BCUT2D eigenvalue weighted by molar-refractivity contribution is 7.99. The van der Waals surface area contributed by atoms with Crippen LogP contribution in [-0.2, 0) is 11.3 Å². The van der Waals surface area contributed by atoms with E-state index in [4.69, 9.17) is 0 Å². The summed E-state index contributed by atoms with van der Waals surface area (Å²) in [4.78, 5) is 14.9. The summed E-state index contributed by atoms with van der Waals surface area (Å²) >= 11 is 1.45. The van der Waals surface area contributed by atoms with Crippen molar-refractivity contribution in [3.05, 3.63) is 42.7 Å². The van der Waals surface area contributed by atoms with Gasteiger partial charge >= 0.3 is 0 Å². The van der Waals surface area contributed by atoms with Crippen LogP contribution in [0.25, 0.3) is 0 Å². The van der Waals surface area contributed by atoms with E-state index in [1.807, 2.05) is 18.2 Å². The number of thioether (sulfide) groups is 1. The van der Waals surface area contributed by atoms with Crippen LogP contribution in [0.5, 0.6) is 0 Å². The third-order valence-corrected chi connectivity index (χ3v) is 7.20. The molecule has 1 saturated carbocycles. The molecule has 1 aromatic heterocycles. The van der Waals surface area contributed by atoms with Crippen LogP contribution in [0.2, 0.25) is 0 Å². The molecule has 4 rings (SSSR count). The zero-order valence-electron chi connectivity index (χ0n) is 18.3. The summed E-state index contributed by atoms with van der Waals surface area (Å²) in [7, 11) is 0. The third-order valence-electron chi connectivity index (χ3n) is 6.23. The monoisotopic (exact) mass is 439 g/mol. The molecular formula is C24H33N5OS. The SMILES string of the molecule is C=CCn1c(SCC(=O)Nc2ccc(N3CCCCC3)cc2)nnc1C1CCCCC1. The summed E-state index contributed by atoms with van der Waals surface area (Å²) < 4.78 is 2.13. The molecule has 0 atom stereocenters. The van der Waals surface area contributed by atoms with E-state index < -0.39 is 0 Å². The lowest BCUT2D eigenvalue weighted by atomic mass is 9.89. The van der Waals surface area contributed by atoms with Gasteiger partial charge in [0.15, 0.2) is 5.16 Å². The minimum absolute atomic E-state index is 0.0249. The highest BCUT2D eigenvalue weighted by Gasteiger charge is 2.23. The molecular weight excluding hydrogens is 406 g/mol. The zero-order chi connectivity index (χ0) is 21.5. The van der Waals surface area contributed by atoms with E-state index in [1.54, 1.807) is 0 Å². The number of hydrogen-bond acceptors (Lipinski definition) is 5. The lowest BCUT2D eigenvalue weighted by molar-refractivity contribution is -0.113. The van der Waals surface area contributed by atoms with E-state index in [-0.39, 0.29) is 5.91 Å². The molecule has 2 heterocycles. The Balaban J connectivity index is 1.33. The van der Waals surface area contributed by atoms with Crippen LogP contribution in [0.4, 0.5) is 11.4 Å². The standard InChI is InChI=1S/C24H33N5OS/c1-2-15-29-23(19-9-5-3-6-10-19)26-27-24(29)31-18-22(30)25-20-11-13-21(14-12-20)28-16-7-4-8-17-28/h2,11-14,19H,1,3-10,15-18H2,(H,25,30). The lowest BCUT2D eigenvalue weighted by Gasteiger charge is -2.28. The van der Waals surface area contributed by atoms with E-state index in [1.165, 1.54) is 68.8 Å². The van der Waals surface area contributed by atoms with Crippen molar-refractivity contribution < 1.29 is 4.79 Å². The van der Waals surface area contributed by atoms with Gasteiger partial charge in [-0.05, 0) is 56.4 Å². The van der Waals surface area contributed by atoms with Gasteiger partial charge in [-0.2, -0.15) is 0 Å². The summed E-state index contributed by atoms with van der Waals surface area (Å²) in [6, 6.07) is 8.19. The van der Waals surface area contributed by atoms with E-state index >= 15 is 0 Å². The van der Waals surface area contributed by atoms with Gasteiger partial charge in [-0.25, -0.2) is 0 Å². The van der Waals surface area contributed by atoms with Crippen molar-refractivity contribution in [3.8, 4) is 0 Å². The number of hydrogen-bond donors (Lipinski definition) is 1. The van der Waals surface area contributed by atoms with Gasteiger partial charge in [-0.3, -0.25) is 4.79 Å². The maximum atomic E-state index is 12.5. The first kappa shape index (κ1) is 21.9. The number of amides is 1. The second-order valence-corrected chi connectivity index (χ2v) is 9.45. The smallest absolute Gasteiger partial charge is 0.234 e. The van der Waals surface area contributed by atoms with E-state index in [2.05, 4.69) is 43.7 Å². The van der Waals surface area contributed by atoms with Gasteiger partial charge in [0.1, 0.15) is 5.82 Å². The fourth-order valence-electron chi connectivity index (χ4n) is 4.61. The first-order valence-electron chi connectivity index (χ1n) is 11.6. The number of allylic oxidation sites excluding steroid dienone is 1. The molecule has 31 heavy (non-hydrogen) atoms. The Morgan fingerprint density at radius 2 is 1.77 bits per heavy atom. The van der Waals surface area contributed by atoms with Crippen molar-refractivity contribution in [3.63, 3.8) is 0 Å². The highest BCUT2D eigenvalue weighted by atomic mass is 32.2. The van der Waals surface area contributed by atoms with Crippen LogP contribution >= 0.6 is 11.8 Å². The van der Waals surface area contributed by atoms with Crippen molar-refractivity contribution in [2.24, 2.45) is 0 Å². The number of aromatic nitrogens is 3. The zero-order valence-corrected chi connectivity index (χ0v) is 19.1. The maximum absolute atomic E-state index is 12.5. The van der Waals surface area contributed by atoms with E-state index in [9.17, 15) is 4.79 Å². The van der Waals surface area contributed by atoms with Crippen molar-refractivity contribution >= 4 is 29.0 Å². The molecule has 0 spiro atoms. The minimum Gasteiger partial charge on any atom is -0.372 e. The molecule has 0 radical (unpaired) electrons. The molecule has 1 aliphatic heterocycles. The number of nitrogens with zero attached hydrogens (tertiary/aromatic N) is 4. The molecule has 7 heteroatoms. The average Bonchev–Trinajstić information content (AvgIpc) is 3.22. The van der Waals surface area contributed by atoms with Gasteiger partial charge < -0.3 is 14.8 Å². The van der Waals surface area contributed by atoms with Crippen LogP contribution in [0.1, 0.15) is 63.1 Å². The van der Waals surface area contributed by atoms with Gasteiger partial charge in [-0.1, -0.05) is 37.1 Å². The largest absolute Gasteiger partial charge is 0.372 e. The van der Waals surface area contributed by atoms with E-state index in [0.29, 0.717) is 18.2 Å². The van der Waals surface area contributed by atoms with Gasteiger partial charge in [0, 0.05) is 36.9 Å². The molecule has 166 valence electrons. The third kappa shape index (κ3) is 5.70. The second-order valence-electron chi connectivity index (χ2n) is 8.51. The predicted octanol–water partition coefficient (Wildman–Crippen LogP) is 5.23. The normalized spacial score (nSPS) is 17.5. The number of piperidine rings is 1. The molecule has 1 aromatic carbocycles. The average molecular weight is 440 g/mol. The van der Waals surface area contributed by atoms with Crippen molar-refractivity contribution in [1.29, 1.82) is 0 Å². The van der Waals surface area contributed by atoms with Crippen LogP contribution in [-0.4, -0.2) is 39.5 Å². The predicted molar refractivity (Wildman–Crippen MR) is 128 cm³/mol. The maximum Gasteiger partial charge on any atom is 0.234 e. The number of anilines is 2. The molecule has 2 aliphatic rings. The van der Waals surface area contributed by atoms with Crippen LogP contribution < -0.4 is 10.2 Å². The Morgan fingerprint density at radius 1 is 1.06 bits per heavy atom. The summed E-state index contributed by atoms with van der Waals surface area (Å²) in [5.74, 6) is 1.81. The number of nitrogens with one attached hydrogen (secondary N) is 1. The first-order chi connectivity index (χ1) is 15.2. The Kier molecular flexibility index (Phi) is 7.67. The van der Waals surface area contributed by atoms with Gasteiger partial charge in [0.2, 0.25) is 5.91 Å². The van der Waals surface area contributed by atoms with Crippen LogP contribution in [0, 0.1) is 0 Å². The second kappa shape index (κ2) is 10.8. The number of rotatable bonds is 8. The van der Waals surface area contributed by atoms with Gasteiger partial charge in [0.05, 0.1) is 5.75 Å². The fraction of sp³-hybridized carbons (Fsp3) is 0.542. The Labute approximate surface area is 189 Å². The van der Waals surface area contributed by atoms with Gasteiger partial charge in [0.25, 0.3) is 0 Å². The first-order valence-corrected chi connectivity index (χ1v) is 12.5. The fourth-order valence-corrected chi connectivity index (χ4v) is 5.36. The number of carbonyl (C=O) groups is 1. The quantitative estimate of drug-likeness (QED) is 0.451. The molecule has 1 saturated heterocycles. The molecule has 1 amide bonds. The van der Waals surface area contributed by atoms with Crippen molar-refractivity contribution in [2.45, 2.75) is 69.0 Å². The van der Waals surface area contributed by atoms with Crippen molar-refractivity contribution in [2.75, 3.05) is 29.1 Å². The lowest BCUT2D eigenvalue weighted by Crippen LogP contribution is -2.29. The molecule has 1 aliphatic carbocycles. The summed E-state index contributed by atoms with van der Waals surface area (Å²) in [6.07, 6.45) is 11.9. The topological polar surface area (TPSA) is 63.1 Å². The number of carbonyl (C=O) groups excluding carboxylic acids is 1. The molecule has 1 N–H and O–H groups in total. The van der Waals surface area contributed by atoms with Crippen LogP contribution in [0.3, 0.4) is 0 Å². The highest BCUT2D eigenvalue weighted by Crippen LogP contribution is 2.33. The number of benzene rings is 1. The Morgan fingerprint density at radius 3 is 2.48 bits per heavy atom. The molecule has 0 bridgehead atoms. The van der Waals surface area contributed by atoms with Crippen LogP contribution in [0.15, 0.2) is 42.1 Å². The summed E-state index contributed by atoms with van der Waals surface area (Å²) in [6.45, 7) is 6.81. The molecule has 0 unspecified atom stereocenters. The summed E-state index contributed by atoms with van der Waals surface area (Å²) in [5.41, 5.74) is 2.07. The Bertz CT molecular complexity index is 867. The molecule has 2 fully saturated rings.